The monoisotopic (exact) mass is 457 g/mol. The van der Waals surface area contributed by atoms with E-state index in [2.05, 4.69) is 5.32 Å². The predicted molar refractivity (Wildman–Crippen MR) is 109 cm³/mol. The van der Waals surface area contributed by atoms with E-state index in [1.807, 2.05) is 0 Å². The molecule has 0 atom stereocenters. The number of ether oxygens (including phenoxy) is 1. The first-order valence-corrected chi connectivity index (χ1v) is 10.6. The molecule has 1 aromatic rings. The second kappa shape index (κ2) is 9.33. The SMILES string of the molecule is COC(=O)C1(NC(=O)C2CCN(c3ccc(C(F)(F)F)cc3[N+](=O)[O-])CC2)CCCCC1. The minimum absolute atomic E-state index is 0.0974. The third kappa shape index (κ3) is 4.97. The standard InChI is InChI=1S/C21H26F3N3O5/c1-32-19(29)20(9-3-2-4-10-20)25-18(28)14-7-11-26(12-8-14)16-6-5-15(21(22,23)24)13-17(16)27(30)31/h5-6,13-14H,2-4,7-12H2,1H3,(H,25,28). The number of nitro groups is 1. The van der Waals surface area contributed by atoms with E-state index in [-0.39, 0.29) is 24.7 Å². The number of carbonyl (C=O) groups excluding carboxylic acids is 2. The molecule has 8 nitrogen and oxygen atoms in total. The summed E-state index contributed by atoms with van der Waals surface area (Å²) in [6, 6.07) is 2.47. The number of rotatable bonds is 5. The van der Waals surface area contributed by atoms with Crippen molar-refractivity contribution in [2.75, 3.05) is 25.1 Å². The number of nitrogens with zero attached hydrogens (tertiary/aromatic N) is 2. The summed E-state index contributed by atoms with van der Waals surface area (Å²) in [5.74, 6) is -1.12. The van der Waals surface area contributed by atoms with Crippen LogP contribution in [0.25, 0.3) is 0 Å². The Bertz CT molecular complexity index is 876. The van der Waals surface area contributed by atoms with Crippen molar-refractivity contribution < 1.29 is 32.4 Å². The molecular weight excluding hydrogens is 431 g/mol. The lowest BCUT2D eigenvalue weighted by Crippen LogP contribution is -2.58. The summed E-state index contributed by atoms with van der Waals surface area (Å²) < 4.78 is 43.7. The van der Waals surface area contributed by atoms with Gasteiger partial charge in [-0.05, 0) is 37.8 Å². The summed E-state index contributed by atoms with van der Waals surface area (Å²) in [6.45, 7) is 0.547. The third-order valence-electron chi connectivity index (χ3n) is 6.35. The highest BCUT2D eigenvalue weighted by Gasteiger charge is 2.43. The number of nitro benzene ring substituents is 1. The van der Waals surface area contributed by atoms with E-state index in [1.165, 1.54) is 7.11 Å². The third-order valence-corrected chi connectivity index (χ3v) is 6.35. The largest absolute Gasteiger partial charge is 0.467 e. The van der Waals surface area contributed by atoms with Crippen LogP contribution >= 0.6 is 0 Å². The zero-order chi connectivity index (χ0) is 23.5. The molecule has 2 aliphatic rings. The highest BCUT2D eigenvalue weighted by molar-refractivity contribution is 5.89. The molecule has 0 radical (unpaired) electrons. The van der Waals surface area contributed by atoms with Crippen LogP contribution in [0.5, 0.6) is 0 Å². The lowest BCUT2D eigenvalue weighted by Gasteiger charge is -2.38. The molecule has 176 valence electrons. The highest BCUT2D eigenvalue weighted by atomic mass is 19.4. The van der Waals surface area contributed by atoms with Gasteiger partial charge in [-0.15, -0.1) is 0 Å². The number of amides is 1. The summed E-state index contributed by atoms with van der Waals surface area (Å²) in [5.41, 5.74) is -2.62. The van der Waals surface area contributed by atoms with E-state index < -0.39 is 39.8 Å². The fourth-order valence-corrected chi connectivity index (χ4v) is 4.56. The number of methoxy groups -OCH3 is 1. The molecule has 11 heteroatoms. The van der Waals surface area contributed by atoms with Gasteiger partial charge in [0.25, 0.3) is 5.69 Å². The normalized spacial score (nSPS) is 19.3. The molecule has 32 heavy (non-hydrogen) atoms. The van der Waals surface area contributed by atoms with E-state index in [1.54, 1.807) is 4.90 Å². The molecule has 0 bridgehead atoms. The molecule has 1 aliphatic heterocycles. The van der Waals surface area contributed by atoms with Crippen molar-refractivity contribution >= 4 is 23.3 Å². The summed E-state index contributed by atoms with van der Waals surface area (Å²) in [7, 11) is 1.29. The quantitative estimate of drug-likeness (QED) is 0.410. The number of benzene rings is 1. The molecule has 1 saturated heterocycles. The van der Waals surface area contributed by atoms with Crippen molar-refractivity contribution in [3.05, 3.63) is 33.9 Å². The van der Waals surface area contributed by atoms with Gasteiger partial charge in [-0.2, -0.15) is 13.2 Å². The maximum atomic E-state index is 12.9. The fraction of sp³-hybridized carbons (Fsp3) is 0.619. The van der Waals surface area contributed by atoms with E-state index in [9.17, 15) is 32.9 Å². The van der Waals surface area contributed by atoms with Gasteiger partial charge in [-0.1, -0.05) is 19.3 Å². The first-order valence-electron chi connectivity index (χ1n) is 10.6. The summed E-state index contributed by atoms with van der Waals surface area (Å²) in [5, 5.41) is 14.3. The van der Waals surface area contributed by atoms with Gasteiger partial charge in [-0.25, -0.2) is 4.79 Å². The number of esters is 1. The first-order chi connectivity index (χ1) is 15.1. The number of carbonyl (C=O) groups is 2. The van der Waals surface area contributed by atoms with Crippen LogP contribution in [0, 0.1) is 16.0 Å². The second-order valence-electron chi connectivity index (χ2n) is 8.34. The number of piperidine rings is 1. The van der Waals surface area contributed by atoms with Crippen LogP contribution in [0.3, 0.4) is 0 Å². The number of alkyl halides is 3. The molecule has 0 spiro atoms. The lowest BCUT2D eigenvalue weighted by molar-refractivity contribution is -0.384. The second-order valence-corrected chi connectivity index (χ2v) is 8.34. The zero-order valence-corrected chi connectivity index (χ0v) is 17.7. The first kappa shape index (κ1) is 23.8. The van der Waals surface area contributed by atoms with Gasteiger partial charge in [0, 0.05) is 25.1 Å². The number of hydrogen-bond acceptors (Lipinski definition) is 6. The van der Waals surface area contributed by atoms with Gasteiger partial charge in [0.05, 0.1) is 17.6 Å². The van der Waals surface area contributed by atoms with E-state index in [0.717, 1.165) is 31.4 Å². The molecule has 1 N–H and O–H groups in total. The van der Waals surface area contributed by atoms with Crippen molar-refractivity contribution in [1.29, 1.82) is 0 Å². The van der Waals surface area contributed by atoms with Crippen molar-refractivity contribution in [2.24, 2.45) is 5.92 Å². The fourth-order valence-electron chi connectivity index (χ4n) is 4.56. The van der Waals surface area contributed by atoms with E-state index in [0.29, 0.717) is 31.7 Å². The van der Waals surface area contributed by atoms with Crippen LogP contribution in [-0.2, 0) is 20.5 Å². The van der Waals surface area contributed by atoms with E-state index >= 15 is 0 Å². The van der Waals surface area contributed by atoms with Crippen LogP contribution in [0.1, 0.15) is 50.5 Å². The lowest BCUT2D eigenvalue weighted by atomic mass is 9.80. The molecule has 0 aromatic heterocycles. The molecule has 1 amide bonds. The molecule has 1 aliphatic carbocycles. The smallest absolute Gasteiger partial charge is 0.416 e. The van der Waals surface area contributed by atoms with Crippen LogP contribution in [0.4, 0.5) is 24.5 Å². The maximum absolute atomic E-state index is 12.9. The van der Waals surface area contributed by atoms with Gasteiger partial charge in [0.1, 0.15) is 11.2 Å². The van der Waals surface area contributed by atoms with Crippen molar-refractivity contribution in [1.82, 2.24) is 5.32 Å². The Morgan fingerprint density at radius 3 is 2.34 bits per heavy atom. The van der Waals surface area contributed by atoms with Gasteiger partial charge in [0.15, 0.2) is 0 Å². The number of hydrogen-bond donors (Lipinski definition) is 1. The molecule has 1 aromatic carbocycles. The van der Waals surface area contributed by atoms with Crippen molar-refractivity contribution in [3.63, 3.8) is 0 Å². The Labute approximate surface area is 183 Å². The Morgan fingerprint density at radius 2 is 1.81 bits per heavy atom. The van der Waals surface area contributed by atoms with Gasteiger partial charge in [0.2, 0.25) is 5.91 Å². The minimum Gasteiger partial charge on any atom is -0.467 e. The molecule has 3 rings (SSSR count). The Kier molecular flexibility index (Phi) is 6.94. The minimum atomic E-state index is -4.68. The average Bonchev–Trinajstić information content (AvgIpc) is 2.78. The van der Waals surface area contributed by atoms with Crippen LogP contribution in [0.2, 0.25) is 0 Å². The Morgan fingerprint density at radius 1 is 1.19 bits per heavy atom. The van der Waals surface area contributed by atoms with Crippen LogP contribution in [-0.4, -0.2) is 42.5 Å². The van der Waals surface area contributed by atoms with E-state index in [4.69, 9.17) is 4.74 Å². The molecule has 1 saturated carbocycles. The summed E-state index contributed by atoms with van der Waals surface area (Å²) in [4.78, 5) is 37.4. The maximum Gasteiger partial charge on any atom is 0.416 e. The average molecular weight is 457 g/mol. The molecule has 2 fully saturated rings. The highest BCUT2D eigenvalue weighted by Crippen LogP contribution is 2.38. The summed E-state index contributed by atoms with van der Waals surface area (Å²) >= 11 is 0. The number of nitrogens with one attached hydrogen (secondary N) is 1. The molecule has 1 heterocycles. The van der Waals surface area contributed by atoms with Gasteiger partial charge < -0.3 is 15.0 Å². The predicted octanol–water partition coefficient (Wildman–Crippen LogP) is 3.82. The van der Waals surface area contributed by atoms with Crippen LogP contribution in [0.15, 0.2) is 18.2 Å². The number of anilines is 1. The summed E-state index contributed by atoms with van der Waals surface area (Å²) in [6.07, 6.45) is -0.314. The van der Waals surface area contributed by atoms with Crippen LogP contribution < -0.4 is 10.2 Å². The van der Waals surface area contributed by atoms with Gasteiger partial charge in [-0.3, -0.25) is 14.9 Å². The zero-order valence-electron chi connectivity index (χ0n) is 17.7. The Hall–Kier alpha value is -2.85. The Balaban J connectivity index is 1.69. The van der Waals surface area contributed by atoms with Crippen molar-refractivity contribution in [3.8, 4) is 0 Å². The van der Waals surface area contributed by atoms with Gasteiger partial charge >= 0.3 is 12.1 Å². The van der Waals surface area contributed by atoms with Crippen molar-refractivity contribution in [2.45, 2.75) is 56.7 Å². The number of halogens is 3. The topological polar surface area (TPSA) is 102 Å². The molecular formula is C21H26F3N3O5. The molecule has 0 unspecified atom stereocenters.